The van der Waals surface area contributed by atoms with Gasteiger partial charge in [-0.05, 0) is 12.1 Å². The zero-order valence-corrected chi connectivity index (χ0v) is 5.91. The first kappa shape index (κ1) is 9.95. The molecule has 0 aliphatic heterocycles. The predicted octanol–water partition coefficient (Wildman–Crippen LogP) is -1.37. The normalized spacial score (nSPS) is 10.4. The van der Waals surface area contributed by atoms with Gasteiger partial charge in [-0.2, -0.15) is 8.42 Å². The van der Waals surface area contributed by atoms with Crippen molar-refractivity contribution in [2.24, 2.45) is 0 Å². The predicted molar refractivity (Wildman–Crippen MR) is 35.5 cm³/mol. The molecule has 0 saturated heterocycles. The van der Waals surface area contributed by atoms with Crippen molar-refractivity contribution in [1.82, 2.24) is 0 Å². The molecule has 62 valence electrons. The number of hydrogen-bond acceptors (Lipinski definition) is 4. The summed E-state index contributed by atoms with van der Waals surface area (Å²) in [5.41, 5.74) is -0.759. The van der Waals surface area contributed by atoms with E-state index in [0.717, 1.165) is 0 Å². The highest BCUT2D eigenvalue weighted by atomic mass is 32.3. The molecule has 0 radical (unpaired) electrons. The summed E-state index contributed by atoms with van der Waals surface area (Å²) < 4.78 is 31.6. The second-order valence-corrected chi connectivity index (χ2v) is 2.41. The fourth-order valence-corrected chi connectivity index (χ4v) is 0.219. The minimum absolute atomic E-state index is 0.380. The molecule has 11 heavy (non-hydrogen) atoms. The summed E-state index contributed by atoms with van der Waals surface area (Å²) in [4.78, 5) is 19.6. The van der Waals surface area contributed by atoms with Crippen molar-refractivity contribution in [1.29, 1.82) is 0 Å². The van der Waals surface area contributed by atoms with E-state index in [2.05, 4.69) is 0 Å². The molecule has 2 N–H and O–H groups in total. The van der Waals surface area contributed by atoms with Crippen LogP contribution < -0.4 is 10.9 Å². The lowest BCUT2D eigenvalue weighted by molar-refractivity contribution is 0.381. The molecule has 0 unspecified atom stereocenters. The maximum absolute atomic E-state index is 9.79. The Labute approximate surface area is 61.4 Å². The molecule has 1 aromatic rings. The minimum atomic E-state index is -4.67. The van der Waals surface area contributed by atoms with Crippen LogP contribution in [0.3, 0.4) is 0 Å². The Morgan fingerprint density at radius 2 is 1.18 bits per heavy atom. The Kier molecular flexibility index (Phi) is 3.05. The minimum Gasteiger partial charge on any atom is -0.286 e. The second kappa shape index (κ2) is 3.37. The van der Waals surface area contributed by atoms with Crippen molar-refractivity contribution in [2.75, 3.05) is 0 Å². The summed E-state index contributed by atoms with van der Waals surface area (Å²) in [6.07, 6.45) is 0. The molecule has 0 fully saturated rings. The van der Waals surface area contributed by atoms with Crippen LogP contribution in [0.4, 0.5) is 0 Å². The van der Waals surface area contributed by atoms with Crippen LogP contribution in [0.1, 0.15) is 0 Å². The molecule has 0 spiro atoms. The third kappa shape index (κ3) is 6.84. The van der Waals surface area contributed by atoms with Gasteiger partial charge in [-0.25, -0.2) is 0 Å². The summed E-state index contributed by atoms with van der Waals surface area (Å²) in [5.74, 6) is 0. The molecule has 0 bridgehead atoms. The van der Waals surface area contributed by atoms with Gasteiger partial charge >= 0.3 is 10.4 Å². The Morgan fingerprint density at radius 3 is 1.18 bits per heavy atom. The molecular formula is C4H4O6S. The van der Waals surface area contributed by atoms with Gasteiger partial charge in [0.15, 0.2) is 0 Å². The van der Waals surface area contributed by atoms with Crippen molar-refractivity contribution < 1.29 is 17.5 Å². The largest absolute Gasteiger partial charge is 0.394 e. The van der Waals surface area contributed by atoms with E-state index < -0.39 is 10.4 Å². The molecule has 7 heteroatoms. The van der Waals surface area contributed by atoms with Crippen LogP contribution in [0.5, 0.6) is 0 Å². The van der Waals surface area contributed by atoms with Crippen molar-refractivity contribution in [3.05, 3.63) is 32.6 Å². The fourth-order valence-electron chi connectivity index (χ4n) is 0.219. The highest BCUT2D eigenvalue weighted by Crippen LogP contribution is 1.59. The van der Waals surface area contributed by atoms with Gasteiger partial charge in [0.05, 0.1) is 0 Å². The van der Waals surface area contributed by atoms with Crippen LogP contribution in [0.2, 0.25) is 0 Å². The van der Waals surface area contributed by atoms with E-state index in [0.29, 0.717) is 0 Å². The molecule has 1 aromatic carbocycles. The summed E-state index contributed by atoms with van der Waals surface area (Å²) in [7, 11) is -4.67. The molecular weight excluding hydrogens is 176 g/mol. The quantitative estimate of drug-likeness (QED) is 0.376. The average molecular weight is 180 g/mol. The summed E-state index contributed by atoms with van der Waals surface area (Å²) >= 11 is 0. The Bertz CT molecular complexity index is 348. The van der Waals surface area contributed by atoms with Gasteiger partial charge in [0.2, 0.25) is 10.9 Å². The van der Waals surface area contributed by atoms with E-state index in [9.17, 15) is 9.59 Å². The van der Waals surface area contributed by atoms with Crippen LogP contribution in [-0.2, 0) is 10.4 Å². The molecule has 6 nitrogen and oxygen atoms in total. The van der Waals surface area contributed by atoms with Gasteiger partial charge < -0.3 is 0 Å². The molecule has 0 saturated carbocycles. The van der Waals surface area contributed by atoms with Gasteiger partial charge in [0.25, 0.3) is 0 Å². The summed E-state index contributed by atoms with van der Waals surface area (Å²) in [6.45, 7) is 0. The van der Waals surface area contributed by atoms with Gasteiger partial charge in [0, 0.05) is 0 Å². The zero-order valence-electron chi connectivity index (χ0n) is 5.09. The van der Waals surface area contributed by atoms with Crippen LogP contribution >= 0.6 is 0 Å². The van der Waals surface area contributed by atoms with E-state index >= 15 is 0 Å². The van der Waals surface area contributed by atoms with E-state index in [1.54, 1.807) is 0 Å². The zero-order chi connectivity index (χ0) is 9.07. The third-order valence-corrected chi connectivity index (χ3v) is 0.629. The molecule has 0 aliphatic carbocycles. The van der Waals surface area contributed by atoms with E-state index in [1.807, 2.05) is 0 Å². The summed E-state index contributed by atoms with van der Waals surface area (Å²) in [5, 5.41) is 0. The lowest BCUT2D eigenvalue weighted by Crippen LogP contribution is -2.26. The third-order valence-electron chi connectivity index (χ3n) is 0.629. The van der Waals surface area contributed by atoms with Crippen molar-refractivity contribution in [2.45, 2.75) is 0 Å². The standard InChI is InChI=1S/C4H2O2.H2O4S/c5-3-1-2-4(3)6;1-5(2,3)4/h1-2H;(H2,1,2,3,4). The van der Waals surface area contributed by atoms with Crippen molar-refractivity contribution >= 4 is 10.4 Å². The molecule has 0 aliphatic rings. The second-order valence-electron chi connectivity index (χ2n) is 1.51. The Balaban J connectivity index is 0.000000187. The molecule has 0 amide bonds. The maximum Gasteiger partial charge on any atom is 0.394 e. The Morgan fingerprint density at radius 1 is 1.00 bits per heavy atom. The van der Waals surface area contributed by atoms with E-state index in [1.165, 1.54) is 12.1 Å². The maximum atomic E-state index is 9.79. The molecule has 0 atom stereocenters. The number of rotatable bonds is 0. The first-order valence-electron chi connectivity index (χ1n) is 2.27. The highest BCUT2D eigenvalue weighted by molar-refractivity contribution is 7.79. The first-order valence-corrected chi connectivity index (χ1v) is 3.66. The van der Waals surface area contributed by atoms with Crippen LogP contribution in [0, 0.1) is 0 Å². The van der Waals surface area contributed by atoms with Gasteiger partial charge in [-0.1, -0.05) is 0 Å². The van der Waals surface area contributed by atoms with Gasteiger partial charge in [-0.3, -0.25) is 18.7 Å². The first-order chi connectivity index (χ1) is 4.80. The monoisotopic (exact) mass is 180 g/mol. The van der Waals surface area contributed by atoms with E-state index in [-0.39, 0.29) is 10.9 Å². The SMILES string of the molecule is O=S(=O)(O)O.O=c1ccc1=O. The van der Waals surface area contributed by atoms with Crippen LogP contribution in [-0.4, -0.2) is 17.5 Å². The average Bonchev–Trinajstić information content (AvgIpc) is 1.80. The lowest BCUT2D eigenvalue weighted by Gasteiger charge is -1.70. The molecule has 0 heterocycles. The lowest BCUT2D eigenvalue weighted by atomic mass is 10.3. The van der Waals surface area contributed by atoms with Crippen LogP contribution in [0.15, 0.2) is 21.7 Å². The van der Waals surface area contributed by atoms with Crippen LogP contribution in [0.25, 0.3) is 0 Å². The van der Waals surface area contributed by atoms with Crippen molar-refractivity contribution in [3.63, 3.8) is 0 Å². The topological polar surface area (TPSA) is 109 Å². The highest BCUT2D eigenvalue weighted by Gasteiger charge is 1.89. The van der Waals surface area contributed by atoms with Gasteiger partial charge in [0.1, 0.15) is 0 Å². The smallest absolute Gasteiger partial charge is 0.286 e. The number of hydrogen-bond donors (Lipinski definition) is 2. The molecule has 0 aromatic heterocycles. The van der Waals surface area contributed by atoms with E-state index in [4.69, 9.17) is 17.5 Å². The Hall–Kier alpha value is -1.05. The summed E-state index contributed by atoms with van der Waals surface area (Å²) in [6, 6.07) is 2.50. The van der Waals surface area contributed by atoms with Crippen molar-refractivity contribution in [3.8, 4) is 0 Å². The fraction of sp³-hybridized carbons (Fsp3) is 0. The molecule has 1 rings (SSSR count). The van der Waals surface area contributed by atoms with Gasteiger partial charge in [-0.15, -0.1) is 0 Å².